The molecule has 0 rings (SSSR count). The van der Waals surface area contributed by atoms with Crippen molar-refractivity contribution in [2.45, 2.75) is 78.8 Å². The largest absolute Gasteiger partial charge is 0.315 e. The standard InChI is InChI=1S/C15H34N2/c1-6-7-8-9-10-11-16-12-13-17(14(2)3)15(4)5/h14-16H,6-13H2,1-5H3. The Kier molecular flexibility index (Phi) is 11.0. The van der Waals surface area contributed by atoms with Crippen molar-refractivity contribution in [3.8, 4) is 0 Å². The quantitative estimate of drug-likeness (QED) is 0.556. The van der Waals surface area contributed by atoms with Gasteiger partial charge in [-0.1, -0.05) is 32.6 Å². The third kappa shape index (κ3) is 9.61. The zero-order valence-electron chi connectivity index (χ0n) is 12.8. The van der Waals surface area contributed by atoms with Crippen LogP contribution in [0.25, 0.3) is 0 Å². The number of rotatable bonds is 11. The SMILES string of the molecule is CCCCCCCNCCN(C(C)C)C(C)C. The molecule has 2 heteroatoms. The fourth-order valence-corrected chi connectivity index (χ4v) is 2.30. The number of unbranched alkanes of at least 4 members (excludes halogenated alkanes) is 4. The average Bonchev–Trinajstić information content (AvgIpc) is 2.26. The Morgan fingerprint density at radius 1 is 0.824 bits per heavy atom. The third-order valence-corrected chi connectivity index (χ3v) is 3.33. The summed E-state index contributed by atoms with van der Waals surface area (Å²) in [4.78, 5) is 2.55. The van der Waals surface area contributed by atoms with Crippen LogP contribution in [0.2, 0.25) is 0 Å². The Morgan fingerprint density at radius 3 is 1.94 bits per heavy atom. The molecule has 0 radical (unpaired) electrons. The fourth-order valence-electron chi connectivity index (χ4n) is 2.30. The molecule has 0 saturated carbocycles. The van der Waals surface area contributed by atoms with E-state index in [1.54, 1.807) is 0 Å². The second kappa shape index (κ2) is 11.0. The number of nitrogens with zero attached hydrogens (tertiary/aromatic N) is 1. The molecule has 17 heavy (non-hydrogen) atoms. The van der Waals surface area contributed by atoms with Gasteiger partial charge in [0.05, 0.1) is 0 Å². The smallest absolute Gasteiger partial charge is 0.0112 e. The summed E-state index contributed by atoms with van der Waals surface area (Å²) in [6.07, 6.45) is 6.87. The Hall–Kier alpha value is -0.0800. The molecular formula is C15H34N2. The molecule has 0 fully saturated rings. The molecule has 0 aliphatic rings. The van der Waals surface area contributed by atoms with Crippen LogP contribution >= 0.6 is 0 Å². The van der Waals surface area contributed by atoms with E-state index in [0.717, 1.165) is 6.54 Å². The van der Waals surface area contributed by atoms with Crippen LogP contribution in [0, 0.1) is 0 Å². The highest BCUT2D eigenvalue weighted by atomic mass is 15.2. The summed E-state index contributed by atoms with van der Waals surface area (Å²) in [6.45, 7) is 14.9. The van der Waals surface area contributed by atoms with Gasteiger partial charge in [-0.05, 0) is 40.7 Å². The molecule has 0 aliphatic carbocycles. The zero-order valence-corrected chi connectivity index (χ0v) is 12.8. The lowest BCUT2D eigenvalue weighted by atomic mass is 10.1. The molecule has 0 bridgehead atoms. The fraction of sp³-hybridized carbons (Fsp3) is 1.00. The van der Waals surface area contributed by atoms with E-state index in [-0.39, 0.29) is 0 Å². The van der Waals surface area contributed by atoms with E-state index in [1.165, 1.54) is 45.2 Å². The van der Waals surface area contributed by atoms with Crippen molar-refractivity contribution < 1.29 is 0 Å². The summed E-state index contributed by atoms with van der Waals surface area (Å²) in [7, 11) is 0. The van der Waals surface area contributed by atoms with Gasteiger partial charge in [0.1, 0.15) is 0 Å². The number of hydrogen-bond acceptors (Lipinski definition) is 2. The van der Waals surface area contributed by atoms with Crippen molar-refractivity contribution >= 4 is 0 Å². The Bertz CT molecular complexity index is 147. The van der Waals surface area contributed by atoms with Gasteiger partial charge in [-0.3, -0.25) is 4.90 Å². The monoisotopic (exact) mass is 242 g/mol. The lowest BCUT2D eigenvalue weighted by Gasteiger charge is -2.30. The predicted molar refractivity (Wildman–Crippen MR) is 78.6 cm³/mol. The van der Waals surface area contributed by atoms with Gasteiger partial charge in [0.25, 0.3) is 0 Å². The summed E-state index contributed by atoms with van der Waals surface area (Å²) in [5, 5.41) is 3.56. The van der Waals surface area contributed by atoms with Gasteiger partial charge >= 0.3 is 0 Å². The molecule has 0 saturated heterocycles. The van der Waals surface area contributed by atoms with E-state index in [1.807, 2.05) is 0 Å². The minimum atomic E-state index is 0.654. The zero-order chi connectivity index (χ0) is 13.1. The van der Waals surface area contributed by atoms with Crippen LogP contribution in [0.15, 0.2) is 0 Å². The predicted octanol–water partition coefficient (Wildman–Crippen LogP) is 3.67. The summed E-state index contributed by atoms with van der Waals surface area (Å²) < 4.78 is 0. The summed E-state index contributed by atoms with van der Waals surface area (Å²) in [5.41, 5.74) is 0. The van der Waals surface area contributed by atoms with Gasteiger partial charge in [-0.25, -0.2) is 0 Å². The van der Waals surface area contributed by atoms with Crippen molar-refractivity contribution in [2.75, 3.05) is 19.6 Å². The van der Waals surface area contributed by atoms with Crippen molar-refractivity contribution in [3.63, 3.8) is 0 Å². The molecule has 0 aliphatic heterocycles. The second-order valence-electron chi connectivity index (χ2n) is 5.59. The van der Waals surface area contributed by atoms with Crippen LogP contribution in [0.5, 0.6) is 0 Å². The summed E-state index contributed by atoms with van der Waals surface area (Å²) in [6, 6.07) is 1.31. The molecule has 2 nitrogen and oxygen atoms in total. The lowest BCUT2D eigenvalue weighted by molar-refractivity contribution is 0.176. The summed E-state index contributed by atoms with van der Waals surface area (Å²) in [5.74, 6) is 0. The van der Waals surface area contributed by atoms with Crippen LogP contribution < -0.4 is 5.32 Å². The highest BCUT2D eigenvalue weighted by Crippen LogP contribution is 2.03. The van der Waals surface area contributed by atoms with Crippen molar-refractivity contribution in [1.29, 1.82) is 0 Å². The van der Waals surface area contributed by atoms with Gasteiger partial charge in [-0.15, -0.1) is 0 Å². The Morgan fingerprint density at radius 2 is 1.41 bits per heavy atom. The lowest BCUT2D eigenvalue weighted by Crippen LogP contribution is -2.41. The first-order chi connectivity index (χ1) is 8.09. The molecule has 0 atom stereocenters. The Balaban J connectivity index is 3.37. The molecule has 0 aromatic carbocycles. The van der Waals surface area contributed by atoms with Crippen LogP contribution in [0.4, 0.5) is 0 Å². The van der Waals surface area contributed by atoms with Crippen LogP contribution in [0.3, 0.4) is 0 Å². The molecule has 0 heterocycles. The highest BCUT2D eigenvalue weighted by Gasteiger charge is 2.11. The minimum Gasteiger partial charge on any atom is -0.315 e. The number of nitrogens with one attached hydrogen (secondary N) is 1. The maximum Gasteiger partial charge on any atom is 0.0112 e. The van der Waals surface area contributed by atoms with E-state index in [4.69, 9.17) is 0 Å². The van der Waals surface area contributed by atoms with Gasteiger partial charge in [0, 0.05) is 25.2 Å². The maximum atomic E-state index is 3.56. The first-order valence-corrected chi connectivity index (χ1v) is 7.56. The maximum absolute atomic E-state index is 3.56. The van der Waals surface area contributed by atoms with Gasteiger partial charge in [0.15, 0.2) is 0 Å². The van der Waals surface area contributed by atoms with E-state index < -0.39 is 0 Å². The van der Waals surface area contributed by atoms with E-state index in [2.05, 4.69) is 44.8 Å². The molecule has 0 aromatic heterocycles. The number of hydrogen-bond donors (Lipinski definition) is 1. The minimum absolute atomic E-state index is 0.654. The first-order valence-electron chi connectivity index (χ1n) is 7.56. The molecule has 0 aromatic rings. The molecule has 0 spiro atoms. The second-order valence-corrected chi connectivity index (χ2v) is 5.59. The van der Waals surface area contributed by atoms with Crippen molar-refractivity contribution in [2.24, 2.45) is 0 Å². The first kappa shape index (κ1) is 16.9. The van der Waals surface area contributed by atoms with E-state index in [9.17, 15) is 0 Å². The van der Waals surface area contributed by atoms with Crippen molar-refractivity contribution in [1.82, 2.24) is 10.2 Å². The van der Waals surface area contributed by atoms with E-state index in [0.29, 0.717) is 12.1 Å². The van der Waals surface area contributed by atoms with Crippen molar-refractivity contribution in [3.05, 3.63) is 0 Å². The summed E-state index contributed by atoms with van der Waals surface area (Å²) >= 11 is 0. The van der Waals surface area contributed by atoms with Gasteiger partial charge in [-0.2, -0.15) is 0 Å². The van der Waals surface area contributed by atoms with E-state index >= 15 is 0 Å². The van der Waals surface area contributed by atoms with Crippen LogP contribution in [0.1, 0.15) is 66.7 Å². The van der Waals surface area contributed by atoms with Crippen LogP contribution in [-0.4, -0.2) is 36.6 Å². The Labute approximate surface area is 109 Å². The molecular weight excluding hydrogens is 208 g/mol. The van der Waals surface area contributed by atoms with Gasteiger partial charge in [0.2, 0.25) is 0 Å². The molecule has 0 amide bonds. The average molecular weight is 242 g/mol. The molecule has 0 unspecified atom stereocenters. The van der Waals surface area contributed by atoms with Crippen LogP contribution in [-0.2, 0) is 0 Å². The van der Waals surface area contributed by atoms with Gasteiger partial charge < -0.3 is 5.32 Å². The third-order valence-electron chi connectivity index (χ3n) is 3.33. The normalized spacial score (nSPS) is 12.0. The molecule has 104 valence electrons. The highest BCUT2D eigenvalue weighted by molar-refractivity contribution is 4.68. The molecule has 1 N–H and O–H groups in total. The topological polar surface area (TPSA) is 15.3 Å².